The number of hydrogen-bond donors (Lipinski definition) is 3. The number of benzene rings is 1. The number of amides is 1. The first-order chi connectivity index (χ1) is 14.4. The zero-order valence-corrected chi connectivity index (χ0v) is 16.6. The molecule has 8 heteroatoms. The Morgan fingerprint density at radius 1 is 1.20 bits per heavy atom. The molecule has 2 aromatic heterocycles. The molecule has 30 heavy (non-hydrogen) atoms. The highest BCUT2D eigenvalue weighted by molar-refractivity contribution is 5.77. The number of aromatic nitrogens is 1. The number of carbonyl (C=O) groups excluding carboxylic acids is 1. The number of pyridine rings is 1. The van der Waals surface area contributed by atoms with Gasteiger partial charge in [-0.15, -0.1) is 0 Å². The molecule has 1 atom stereocenters. The summed E-state index contributed by atoms with van der Waals surface area (Å²) >= 11 is 0. The lowest BCUT2D eigenvalue weighted by Gasteiger charge is -2.19. The Labute approximate surface area is 172 Å². The molecule has 0 radical (unpaired) electrons. The number of ether oxygens (including phenoxy) is 1. The molecule has 3 aromatic rings. The van der Waals surface area contributed by atoms with Crippen molar-refractivity contribution in [2.45, 2.75) is 25.8 Å². The molecule has 1 unspecified atom stereocenters. The molecular weight excluding hydrogens is 388 g/mol. The van der Waals surface area contributed by atoms with Crippen molar-refractivity contribution in [2.24, 2.45) is 0 Å². The lowest BCUT2D eigenvalue weighted by atomic mass is 9.91. The molecule has 0 saturated carbocycles. The monoisotopic (exact) mass is 410 g/mol. The molecule has 0 aliphatic heterocycles. The molecule has 0 aliphatic rings. The fourth-order valence-corrected chi connectivity index (χ4v) is 3.09. The second-order valence-electron chi connectivity index (χ2n) is 6.75. The first kappa shape index (κ1) is 20.9. The van der Waals surface area contributed by atoms with Crippen LogP contribution in [-0.2, 0) is 11.3 Å². The van der Waals surface area contributed by atoms with Crippen molar-refractivity contribution in [3.05, 3.63) is 81.7 Å². The number of phenols is 1. The summed E-state index contributed by atoms with van der Waals surface area (Å²) in [6, 6.07) is 9.29. The van der Waals surface area contributed by atoms with Gasteiger partial charge >= 0.3 is 0 Å². The second-order valence-corrected chi connectivity index (χ2v) is 6.75. The molecule has 0 fully saturated rings. The number of nitrogens with zero attached hydrogens (tertiary/aromatic N) is 1. The van der Waals surface area contributed by atoms with Crippen LogP contribution in [0.3, 0.4) is 0 Å². The summed E-state index contributed by atoms with van der Waals surface area (Å²) in [5.74, 6) is -1.23. The number of phenolic OH excluding ortho intramolecular Hbond substituents is 1. The summed E-state index contributed by atoms with van der Waals surface area (Å²) in [5, 5.41) is 23.0. The Bertz CT molecular complexity index is 1090. The standard InChI is InChI=1S/C22H22N2O6/c1-13-9-18(26)21(28)22(30-13)16(15-3-4-17(25)19(10-15)29-2)11-20(27)24-12-14-5-7-23-8-6-14/h3-10,16,25,28H,11-12H2,1-2H3,(H,24,27). The van der Waals surface area contributed by atoms with E-state index in [1.165, 1.54) is 25.3 Å². The molecule has 3 N–H and O–H groups in total. The van der Waals surface area contributed by atoms with Gasteiger partial charge in [0.1, 0.15) is 5.76 Å². The van der Waals surface area contributed by atoms with E-state index >= 15 is 0 Å². The van der Waals surface area contributed by atoms with Gasteiger partial charge in [-0.05, 0) is 42.3 Å². The maximum Gasteiger partial charge on any atom is 0.227 e. The largest absolute Gasteiger partial charge is 0.504 e. The molecule has 0 spiro atoms. The smallest absolute Gasteiger partial charge is 0.227 e. The molecule has 2 heterocycles. The van der Waals surface area contributed by atoms with Gasteiger partial charge in [0.2, 0.25) is 17.1 Å². The molecule has 156 valence electrons. The number of nitrogens with one attached hydrogen (secondary N) is 1. The lowest BCUT2D eigenvalue weighted by Crippen LogP contribution is -2.25. The number of aryl methyl sites for hydroxylation is 1. The summed E-state index contributed by atoms with van der Waals surface area (Å²) < 4.78 is 10.8. The van der Waals surface area contributed by atoms with Gasteiger partial charge in [-0.2, -0.15) is 0 Å². The highest BCUT2D eigenvalue weighted by atomic mass is 16.5. The van der Waals surface area contributed by atoms with Crippen molar-refractivity contribution in [1.29, 1.82) is 0 Å². The van der Waals surface area contributed by atoms with Crippen LogP contribution in [0.25, 0.3) is 0 Å². The quantitative estimate of drug-likeness (QED) is 0.547. The third-order valence-corrected chi connectivity index (χ3v) is 4.62. The summed E-state index contributed by atoms with van der Waals surface area (Å²) in [7, 11) is 1.40. The number of aromatic hydroxyl groups is 2. The Morgan fingerprint density at radius 2 is 1.93 bits per heavy atom. The van der Waals surface area contributed by atoms with Gasteiger partial charge in [0.25, 0.3) is 0 Å². The predicted molar refractivity (Wildman–Crippen MR) is 109 cm³/mol. The lowest BCUT2D eigenvalue weighted by molar-refractivity contribution is -0.121. The van der Waals surface area contributed by atoms with Crippen molar-refractivity contribution in [3.8, 4) is 17.2 Å². The second kappa shape index (κ2) is 9.13. The maximum absolute atomic E-state index is 12.7. The fraction of sp³-hybridized carbons (Fsp3) is 0.227. The van der Waals surface area contributed by atoms with E-state index in [2.05, 4.69) is 10.3 Å². The van der Waals surface area contributed by atoms with Crippen molar-refractivity contribution in [1.82, 2.24) is 10.3 Å². The van der Waals surface area contributed by atoms with Gasteiger partial charge in [0.05, 0.1) is 13.0 Å². The van der Waals surface area contributed by atoms with Crippen LogP contribution in [-0.4, -0.2) is 28.2 Å². The normalized spacial score (nSPS) is 11.7. The number of rotatable bonds is 7. The van der Waals surface area contributed by atoms with Crippen LogP contribution in [0.5, 0.6) is 17.2 Å². The summed E-state index contributed by atoms with van der Waals surface area (Å²) in [6.45, 7) is 1.89. The first-order valence-electron chi connectivity index (χ1n) is 9.25. The van der Waals surface area contributed by atoms with Crippen LogP contribution >= 0.6 is 0 Å². The van der Waals surface area contributed by atoms with Crippen LogP contribution in [0.15, 0.2) is 58.0 Å². The van der Waals surface area contributed by atoms with E-state index in [1.807, 2.05) is 0 Å². The number of hydrogen-bond acceptors (Lipinski definition) is 7. The van der Waals surface area contributed by atoms with Gasteiger partial charge in [0, 0.05) is 31.4 Å². The molecule has 0 bridgehead atoms. The molecule has 8 nitrogen and oxygen atoms in total. The van der Waals surface area contributed by atoms with E-state index in [4.69, 9.17) is 9.15 Å². The summed E-state index contributed by atoms with van der Waals surface area (Å²) in [4.78, 5) is 28.7. The van der Waals surface area contributed by atoms with Gasteiger partial charge in [0.15, 0.2) is 17.3 Å². The first-order valence-corrected chi connectivity index (χ1v) is 9.25. The molecule has 0 saturated heterocycles. The van der Waals surface area contributed by atoms with Crippen molar-refractivity contribution in [2.75, 3.05) is 7.11 Å². The van der Waals surface area contributed by atoms with Gasteiger partial charge in [-0.3, -0.25) is 14.6 Å². The number of methoxy groups -OCH3 is 1. The molecule has 3 rings (SSSR count). The SMILES string of the molecule is COc1cc(C(CC(=O)NCc2ccncc2)c2oc(C)cc(=O)c2O)ccc1O. The Morgan fingerprint density at radius 3 is 2.63 bits per heavy atom. The zero-order valence-electron chi connectivity index (χ0n) is 16.6. The van der Waals surface area contributed by atoms with Crippen molar-refractivity contribution >= 4 is 5.91 Å². The van der Waals surface area contributed by atoms with Gasteiger partial charge in [-0.25, -0.2) is 0 Å². The van der Waals surface area contributed by atoms with Gasteiger partial charge < -0.3 is 24.7 Å². The molecule has 1 amide bonds. The van der Waals surface area contributed by atoms with E-state index in [0.717, 1.165) is 5.56 Å². The summed E-state index contributed by atoms with van der Waals surface area (Å²) in [5.41, 5.74) is 0.820. The topological polar surface area (TPSA) is 122 Å². The van der Waals surface area contributed by atoms with E-state index in [-0.39, 0.29) is 29.6 Å². The van der Waals surface area contributed by atoms with Gasteiger partial charge in [-0.1, -0.05) is 6.07 Å². The minimum Gasteiger partial charge on any atom is -0.504 e. The van der Waals surface area contributed by atoms with Crippen LogP contribution in [0, 0.1) is 6.92 Å². The van der Waals surface area contributed by atoms with Crippen LogP contribution < -0.4 is 15.5 Å². The zero-order chi connectivity index (χ0) is 21.7. The molecule has 0 aliphatic carbocycles. The molecule has 1 aromatic carbocycles. The maximum atomic E-state index is 12.7. The van der Waals surface area contributed by atoms with E-state index in [0.29, 0.717) is 17.9 Å². The third kappa shape index (κ3) is 4.78. The van der Waals surface area contributed by atoms with Crippen LogP contribution in [0.1, 0.15) is 35.0 Å². The minimum absolute atomic E-state index is 0.0215. The molecular formula is C22H22N2O6. The Kier molecular flexibility index (Phi) is 6.36. The van der Waals surface area contributed by atoms with Crippen molar-refractivity contribution < 1.29 is 24.2 Å². The predicted octanol–water partition coefficient (Wildman–Crippen LogP) is 2.60. The summed E-state index contributed by atoms with van der Waals surface area (Å²) in [6.07, 6.45) is 3.16. The van der Waals surface area contributed by atoms with E-state index in [9.17, 15) is 19.8 Å². The number of carbonyl (C=O) groups is 1. The Hall–Kier alpha value is -3.81. The highest BCUT2D eigenvalue weighted by Gasteiger charge is 2.26. The van der Waals surface area contributed by atoms with E-state index < -0.39 is 17.1 Å². The average Bonchev–Trinajstić information content (AvgIpc) is 2.74. The third-order valence-electron chi connectivity index (χ3n) is 4.62. The van der Waals surface area contributed by atoms with Crippen molar-refractivity contribution in [3.63, 3.8) is 0 Å². The van der Waals surface area contributed by atoms with Crippen LogP contribution in [0.2, 0.25) is 0 Å². The van der Waals surface area contributed by atoms with E-state index in [1.54, 1.807) is 37.5 Å². The Balaban J connectivity index is 1.94. The average molecular weight is 410 g/mol. The minimum atomic E-state index is -0.774. The van der Waals surface area contributed by atoms with Crippen LogP contribution in [0.4, 0.5) is 0 Å². The fourth-order valence-electron chi connectivity index (χ4n) is 3.09. The highest BCUT2D eigenvalue weighted by Crippen LogP contribution is 2.37.